The number of aliphatic carboxylic acids is 1. The lowest BCUT2D eigenvalue weighted by atomic mass is 9.76. The van der Waals surface area contributed by atoms with Gasteiger partial charge < -0.3 is 20.1 Å². The van der Waals surface area contributed by atoms with E-state index >= 15 is 0 Å². The Balaban J connectivity index is 1.28. The van der Waals surface area contributed by atoms with Gasteiger partial charge in [0.15, 0.2) is 0 Å². The molecule has 1 saturated heterocycles. The number of hydrogen-bond donors (Lipinski definition) is 2. The zero-order chi connectivity index (χ0) is 24.3. The van der Waals surface area contributed by atoms with Crippen LogP contribution in [0, 0.1) is 23.2 Å². The molecule has 0 spiro atoms. The summed E-state index contributed by atoms with van der Waals surface area (Å²) in [5, 5.41) is 12.2. The Kier molecular flexibility index (Phi) is 6.60. The number of carbonyl (C=O) groups excluding carboxylic acids is 2. The minimum absolute atomic E-state index is 0.0311. The predicted molar refractivity (Wildman–Crippen MR) is 127 cm³/mol. The zero-order valence-corrected chi connectivity index (χ0v) is 19.3. The molecule has 1 aliphatic carbocycles. The van der Waals surface area contributed by atoms with Crippen molar-refractivity contribution in [2.24, 2.45) is 11.3 Å². The van der Waals surface area contributed by atoms with Gasteiger partial charge in [-0.15, -0.1) is 0 Å². The first-order chi connectivity index (χ1) is 16.3. The number of amides is 2. The number of carboxylic acid groups (broad SMARTS) is 1. The predicted octanol–water partition coefficient (Wildman–Crippen LogP) is 3.49. The van der Waals surface area contributed by atoms with Gasteiger partial charge in [0.1, 0.15) is 6.61 Å². The van der Waals surface area contributed by atoms with E-state index in [1.165, 1.54) is 4.90 Å². The Hall–Kier alpha value is -3.79. The van der Waals surface area contributed by atoms with E-state index in [-0.39, 0.29) is 31.5 Å². The summed E-state index contributed by atoms with van der Waals surface area (Å²) in [5.74, 6) is 3.69. The zero-order valence-electron chi connectivity index (χ0n) is 19.3. The topological polar surface area (TPSA) is 95.9 Å². The molecular weight excluding hydrogens is 432 g/mol. The van der Waals surface area contributed by atoms with Crippen molar-refractivity contribution < 1.29 is 24.2 Å². The number of hydrogen-bond acceptors (Lipinski definition) is 4. The summed E-state index contributed by atoms with van der Waals surface area (Å²) < 4.78 is 5.45. The number of nitrogens with zero attached hydrogens (tertiary/aromatic N) is 1. The first-order valence-electron chi connectivity index (χ1n) is 11.4. The van der Waals surface area contributed by atoms with E-state index in [1.54, 1.807) is 0 Å². The molecule has 1 fully saturated rings. The van der Waals surface area contributed by atoms with Gasteiger partial charge in [0.05, 0.1) is 12.0 Å². The summed E-state index contributed by atoms with van der Waals surface area (Å²) >= 11 is 0. The van der Waals surface area contributed by atoms with Crippen molar-refractivity contribution in [3.8, 4) is 23.0 Å². The van der Waals surface area contributed by atoms with Gasteiger partial charge in [0, 0.05) is 19.0 Å². The molecule has 176 valence electrons. The van der Waals surface area contributed by atoms with Crippen molar-refractivity contribution in [2.75, 3.05) is 26.2 Å². The Morgan fingerprint density at radius 1 is 1.12 bits per heavy atom. The van der Waals surface area contributed by atoms with Crippen LogP contribution in [0.2, 0.25) is 0 Å². The second-order valence-electron chi connectivity index (χ2n) is 9.07. The van der Waals surface area contributed by atoms with Crippen LogP contribution in [0.5, 0.6) is 0 Å². The fraction of sp³-hybridized carbons (Fsp3) is 0.370. The summed E-state index contributed by atoms with van der Waals surface area (Å²) in [6.07, 6.45) is -0.194. The number of nitrogens with one attached hydrogen (secondary N) is 1. The first kappa shape index (κ1) is 23.4. The van der Waals surface area contributed by atoms with Gasteiger partial charge in [0.25, 0.3) is 5.91 Å². The van der Waals surface area contributed by atoms with Crippen LogP contribution in [0.1, 0.15) is 37.3 Å². The number of ether oxygens (including phenoxy) is 1. The highest BCUT2D eigenvalue weighted by Gasteiger charge is 2.48. The van der Waals surface area contributed by atoms with E-state index in [0.717, 1.165) is 22.3 Å². The number of fused-ring (bicyclic) bond motifs is 3. The number of benzene rings is 2. The molecule has 0 radical (unpaired) electrons. The lowest BCUT2D eigenvalue weighted by Crippen LogP contribution is -2.40. The van der Waals surface area contributed by atoms with Crippen molar-refractivity contribution in [1.29, 1.82) is 0 Å². The smallest absolute Gasteiger partial charge is 0.407 e. The maximum absolute atomic E-state index is 12.4. The highest BCUT2D eigenvalue weighted by molar-refractivity contribution is 5.94. The van der Waals surface area contributed by atoms with Gasteiger partial charge in [0.2, 0.25) is 0 Å². The Bertz CT molecular complexity index is 1130. The second kappa shape index (κ2) is 9.60. The van der Waals surface area contributed by atoms with Crippen molar-refractivity contribution in [3.63, 3.8) is 0 Å². The molecule has 0 saturated carbocycles. The molecule has 2 amide bonds. The van der Waals surface area contributed by atoms with Crippen LogP contribution < -0.4 is 5.32 Å². The van der Waals surface area contributed by atoms with Crippen LogP contribution in [-0.2, 0) is 14.3 Å². The molecule has 34 heavy (non-hydrogen) atoms. The molecule has 0 bridgehead atoms. The molecule has 1 atom stereocenters. The average Bonchev–Trinajstić information content (AvgIpc) is 3.42. The largest absolute Gasteiger partial charge is 0.481 e. The molecule has 0 aromatic heterocycles. The maximum Gasteiger partial charge on any atom is 0.407 e. The highest BCUT2D eigenvalue weighted by Crippen LogP contribution is 2.44. The molecule has 2 aliphatic rings. The van der Waals surface area contributed by atoms with Crippen molar-refractivity contribution in [1.82, 2.24) is 10.2 Å². The van der Waals surface area contributed by atoms with Crippen LogP contribution in [-0.4, -0.2) is 54.2 Å². The monoisotopic (exact) mass is 460 g/mol. The van der Waals surface area contributed by atoms with E-state index < -0.39 is 23.4 Å². The third-order valence-corrected chi connectivity index (χ3v) is 6.98. The number of likely N-dealkylation sites (tertiary alicyclic amines) is 1. The van der Waals surface area contributed by atoms with Gasteiger partial charge in [-0.1, -0.05) is 68.3 Å². The van der Waals surface area contributed by atoms with Crippen LogP contribution in [0.3, 0.4) is 0 Å². The molecule has 2 aromatic carbocycles. The number of rotatable bonds is 5. The molecular formula is C27H28N2O5. The summed E-state index contributed by atoms with van der Waals surface area (Å²) in [6.45, 7) is 4.38. The standard InChI is InChI=1S/C27H28N2O5/c1-18(2)27(25(31)32)13-15-29(17-27)24(30)12-7-14-28-26(33)34-16-23-21-10-5-3-8-19(21)20-9-4-6-11-22(20)23/h3-6,8-11,18,23H,13-17H2,1-2H3,(H,28,33)(H,31,32). The Labute approximate surface area is 199 Å². The Morgan fingerprint density at radius 2 is 1.74 bits per heavy atom. The molecule has 1 unspecified atom stereocenters. The van der Waals surface area contributed by atoms with Crippen molar-refractivity contribution >= 4 is 18.0 Å². The summed E-state index contributed by atoms with van der Waals surface area (Å²) in [5.41, 5.74) is 3.64. The molecule has 4 rings (SSSR count). The molecule has 1 heterocycles. The van der Waals surface area contributed by atoms with Gasteiger partial charge in [-0.2, -0.15) is 0 Å². The third-order valence-electron chi connectivity index (χ3n) is 6.98. The van der Waals surface area contributed by atoms with Gasteiger partial charge in [-0.3, -0.25) is 9.59 Å². The molecule has 2 N–H and O–H groups in total. The summed E-state index contributed by atoms with van der Waals surface area (Å²) in [7, 11) is 0. The average molecular weight is 461 g/mol. The highest BCUT2D eigenvalue weighted by atomic mass is 16.5. The van der Waals surface area contributed by atoms with E-state index in [0.29, 0.717) is 13.0 Å². The minimum atomic E-state index is -0.934. The van der Waals surface area contributed by atoms with Gasteiger partial charge >= 0.3 is 12.1 Å². The quantitative estimate of drug-likeness (QED) is 0.666. The summed E-state index contributed by atoms with van der Waals surface area (Å²) in [4.78, 5) is 37.8. The van der Waals surface area contributed by atoms with E-state index in [4.69, 9.17) is 4.74 Å². The SMILES string of the molecule is CC(C)C1(C(=O)O)CCN(C(=O)C#CCNC(=O)OCC2c3ccccc3-c3ccccc32)C1. The number of alkyl carbamates (subject to hydrolysis) is 1. The lowest BCUT2D eigenvalue weighted by Gasteiger charge is -2.28. The van der Waals surface area contributed by atoms with Crippen molar-refractivity contribution in [3.05, 3.63) is 59.7 Å². The van der Waals surface area contributed by atoms with E-state index in [2.05, 4.69) is 41.4 Å². The van der Waals surface area contributed by atoms with E-state index in [1.807, 2.05) is 38.1 Å². The molecule has 1 aliphatic heterocycles. The second-order valence-corrected chi connectivity index (χ2v) is 9.07. The lowest BCUT2D eigenvalue weighted by molar-refractivity contribution is -0.151. The fourth-order valence-electron chi connectivity index (χ4n) is 4.86. The van der Waals surface area contributed by atoms with Crippen LogP contribution >= 0.6 is 0 Å². The van der Waals surface area contributed by atoms with E-state index in [9.17, 15) is 19.5 Å². The van der Waals surface area contributed by atoms with Crippen LogP contribution in [0.15, 0.2) is 48.5 Å². The van der Waals surface area contributed by atoms with Gasteiger partial charge in [-0.25, -0.2) is 4.79 Å². The van der Waals surface area contributed by atoms with Crippen LogP contribution in [0.25, 0.3) is 11.1 Å². The minimum Gasteiger partial charge on any atom is -0.481 e. The maximum atomic E-state index is 12.4. The number of carboxylic acids is 1. The number of carbonyl (C=O) groups is 3. The molecule has 7 nitrogen and oxygen atoms in total. The third kappa shape index (κ3) is 4.36. The Morgan fingerprint density at radius 3 is 2.29 bits per heavy atom. The van der Waals surface area contributed by atoms with Gasteiger partial charge in [-0.05, 0) is 40.5 Å². The molecule has 2 aromatic rings. The first-order valence-corrected chi connectivity index (χ1v) is 11.4. The van der Waals surface area contributed by atoms with Crippen molar-refractivity contribution in [2.45, 2.75) is 26.2 Å². The fourth-order valence-corrected chi connectivity index (χ4v) is 4.86. The van der Waals surface area contributed by atoms with Crippen LogP contribution in [0.4, 0.5) is 4.79 Å². The summed E-state index contributed by atoms with van der Waals surface area (Å²) in [6, 6.07) is 16.2. The molecule has 7 heteroatoms. The normalized spacial score (nSPS) is 18.6.